The Morgan fingerprint density at radius 1 is 1.15 bits per heavy atom. The summed E-state index contributed by atoms with van der Waals surface area (Å²) < 4.78 is 11.5. The molecular weight excluding hydrogens is 420 g/mol. The van der Waals surface area contributed by atoms with Crippen molar-refractivity contribution < 1.29 is 23.8 Å². The molecule has 0 spiro atoms. The number of para-hydroxylation sites is 1. The highest BCUT2D eigenvalue weighted by Crippen LogP contribution is 2.40. The lowest BCUT2D eigenvalue weighted by molar-refractivity contribution is -0.131. The maximum atomic E-state index is 13.6. The average Bonchev–Trinajstić information content (AvgIpc) is 3.54. The van der Waals surface area contributed by atoms with E-state index in [9.17, 15) is 14.7 Å². The van der Waals surface area contributed by atoms with Crippen molar-refractivity contribution in [3.63, 3.8) is 0 Å². The standard InChI is InChI=1S/C26H26N2O5/c1-27(2)18-11-9-16(10-12-18)23-22(24(29)21-14-17-6-3-4-8-20(17)33-21)25(30)26(31)28(23)15-19-7-5-13-32-19/h3-4,6,8-12,14,19,23,30H,5,7,13,15H2,1-2H3. The van der Waals surface area contributed by atoms with Gasteiger partial charge in [0.1, 0.15) is 5.58 Å². The number of ketones is 1. The largest absolute Gasteiger partial charge is 0.503 e. The Morgan fingerprint density at radius 3 is 2.58 bits per heavy atom. The lowest BCUT2D eigenvalue weighted by Gasteiger charge is -2.29. The van der Waals surface area contributed by atoms with Gasteiger partial charge in [-0.25, -0.2) is 0 Å². The molecule has 2 aliphatic rings. The van der Waals surface area contributed by atoms with Crippen molar-refractivity contribution in [2.75, 3.05) is 32.1 Å². The van der Waals surface area contributed by atoms with Gasteiger partial charge in [0.15, 0.2) is 11.5 Å². The minimum absolute atomic E-state index is 0.0367. The van der Waals surface area contributed by atoms with Crippen molar-refractivity contribution in [3.8, 4) is 0 Å². The van der Waals surface area contributed by atoms with Crippen LogP contribution in [0.2, 0.25) is 0 Å². The Labute approximate surface area is 191 Å². The van der Waals surface area contributed by atoms with Gasteiger partial charge in [0, 0.05) is 38.3 Å². The van der Waals surface area contributed by atoms with Crippen molar-refractivity contribution in [1.82, 2.24) is 4.90 Å². The number of hydrogen-bond donors (Lipinski definition) is 1. The number of carbonyl (C=O) groups is 2. The molecule has 0 bridgehead atoms. The van der Waals surface area contributed by atoms with Gasteiger partial charge in [0.25, 0.3) is 5.91 Å². The number of fused-ring (bicyclic) bond motifs is 1. The van der Waals surface area contributed by atoms with Crippen LogP contribution in [0, 0.1) is 0 Å². The van der Waals surface area contributed by atoms with Crippen molar-refractivity contribution in [1.29, 1.82) is 0 Å². The predicted molar refractivity (Wildman–Crippen MR) is 124 cm³/mol. The predicted octanol–water partition coefficient (Wildman–Crippen LogP) is 4.26. The van der Waals surface area contributed by atoms with Crippen LogP contribution in [0.5, 0.6) is 0 Å². The van der Waals surface area contributed by atoms with Crippen LogP contribution in [-0.2, 0) is 9.53 Å². The van der Waals surface area contributed by atoms with E-state index in [0.29, 0.717) is 18.7 Å². The van der Waals surface area contributed by atoms with Crippen LogP contribution in [0.1, 0.15) is 35.0 Å². The van der Waals surface area contributed by atoms with E-state index in [1.807, 2.05) is 61.5 Å². The average molecular weight is 447 g/mol. The van der Waals surface area contributed by atoms with Crippen molar-refractivity contribution in [3.05, 3.63) is 77.3 Å². The molecule has 2 unspecified atom stereocenters. The number of nitrogens with zero attached hydrogens (tertiary/aromatic N) is 2. The first-order valence-corrected chi connectivity index (χ1v) is 11.1. The van der Waals surface area contributed by atoms with E-state index in [1.165, 1.54) is 0 Å². The molecule has 2 aliphatic heterocycles. The minimum Gasteiger partial charge on any atom is -0.503 e. The first-order valence-electron chi connectivity index (χ1n) is 11.1. The highest BCUT2D eigenvalue weighted by molar-refractivity contribution is 6.16. The topological polar surface area (TPSA) is 83.2 Å². The number of hydrogen-bond acceptors (Lipinski definition) is 6. The molecule has 1 fully saturated rings. The highest BCUT2D eigenvalue weighted by atomic mass is 16.5. The molecule has 5 rings (SSSR count). The summed E-state index contributed by atoms with van der Waals surface area (Å²) in [5.74, 6) is -1.49. The van der Waals surface area contributed by atoms with Gasteiger partial charge in [-0.2, -0.15) is 0 Å². The Bertz CT molecular complexity index is 1200. The number of carbonyl (C=O) groups excluding carboxylic acids is 2. The second-order valence-corrected chi connectivity index (χ2v) is 8.72. The van der Waals surface area contributed by atoms with Gasteiger partial charge >= 0.3 is 0 Å². The van der Waals surface area contributed by atoms with Crippen LogP contribution in [0.25, 0.3) is 11.0 Å². The SMILES string of the molecule is CN(C)c1ccc(C2C(C(=O)c3cc4ccccc4o3)=C(O)C(=O)N2CC2CCCO2)cc1. The van der Waals surface area contributed by atoms with E-state index in [-0.39, 0.29) is 17.4 Å². The Hall–Kier alpha value is -3.58. The number of amides is 1. The first-order chi connectivity index (χ1) is 15.9. The lowest BCUT2D eigenvalue weighted by Crippen LogP contribution is -2.37. The third-order valence-electron chi connectivity index (χ3n) is 6.35. The van der Waals surface area contributed by atoms with E-state index in [4.69, 9.17) is 9.15 Å². The molecule has 0 aliphatic carbocycles. The molecule has 2 aromatic carbocycles. The third kappa shape index (κ3) is 3.78. The molecule has 0 radical (unpaired) electrons. The summed E-state index contributed by atoms with van der Waals surface area (Å²) in [5, 5.41) is 11.6. The van der Waals surface area contributed by atoms with Gasteiger partial charge in [0.2, 0.25) is 5.78 Å². The van der Waals surface area contributed by atoms with Crippen molar-refractivity contribution in [2.24, 2.45) is 0 Å². The van der Waals surface area contributed by atoms with Crippen LogP contribution in [0.3, 0.4) is 0 Å². The monoisotopic (exact) mass is 446 g/mol. The number of furan rings is 1. The molecule has 3 heterocycles. The number of aliphatic hydroxyl groups is 1. The first kappa shape index (κ1) is 21.3. The molecule has 170 valence electrons. The fourth-order valence-electron chi connectivity index (χ4n) is 4.61. The molecule has 7 nitrogen and oxygen atoms in total. The van der Waals surface area contributed by atoms with E-state index in [0.717, 1.165) is 29.5 Å². The summed E-state index contributed by atoms with van der Waals surface area (Å²) in [6.45, 7) is 0.957. The summed E-state index contributed by atoms with van der Waals surface area (Å²) in [4.78, 5) is 30.2. The maximum Gasteiger partial charge on any atom is 0.290 e. The van der Waals surface area contributed by atoms with E-state index in [1.54, 1.807) is 17.0 Å². The second kappa shape index (κ2) is 8.41. The van der Waals surface area contributed by atoms with Gasteiger partial charge in [0.05, 0.1) is 17.7 Å². The zero-order valence-electron chi connectivity index (χ0n) is 18.7. The fraction of sp³-hybridized carbons (Fsp3) is 0.308. The van der Waals surface area contributed by atoms with Crippen molar-refractivity contribution in [2.45, 2.75) is 25.0 Å². The summed E-state index contributed by atoms with van der Waals surface area (Å²) in [6.07, 6.45) is 1.65. The molecule has 1 saturated heterocycles. The normalized spacial score (nSPS) is 20.8. The summed E-state index contributed by atoms with van der Waals surface area (Å²) in [7, 11) is 3.89. The van der Waals surface area contributed by atoms with Crippen molar-refractivity contribution >= 4 is 28.3 Å². The molecule has 1 N–H and O–H groups in total. The zero-order chi connectivity index (χ0) is 23.1. The highest BCUT2D eigenvalue weighted by Gasteiger charge is 2.45. The number of aliphatic hydroxyl groups excluding tert-OH is 1. The van der Waals surface area contributed by atoms with Crippen LogP contribution in [0.4, 0.5) is 5.69 Å². The molecule has 7 heteroatoms. The molecular formula is C26H26N2O5. The Morgan fingerprint density at radius 2 is 1.91 bits per heavy atom. The van der Waals surface area contributed by atoms with E-state index >= 15 is 0 Å². The number of benzene rings is 2. The lowest BCUT2D eigenvalue weighted by atomic mass is 9.94. The molecule has 1 aromatic heterocycles. The summed E-state index contributed by atoms with van der Waals surface area (Å²) in [6, 6.07) is 15.9. The quantitative estimate of drug-likeness (QED) is 0.570. The van der Waals surface area contributed by atoms with Gasteiger partial charge in [-0.15, -0.1) is 0 Å². The van der Waals surface area contributed by atoms with Gasteiger partial charge in [-0.1, -0.05) is 30.3 Å². The van der Waals surface area contributed by atoms with Gasteiger partial charge in [-0.3, -0.25) is 9.59 Å². The molecule has 3 aromatic rings. The fourth-order valence-corrected chi connectivity index (χ4v) is 4.61. The number of Topliss-reactive ketones (excluding diaryl/α,β-unsaturated/α-hetero) is 1. The van der Waals surface area contributed by atoms with Gasteiger partial charge < -0.3 is 24.1 Å². The summed E-state index contributed by atoms with van der Waals surface area (Å²) in [5.41, 5.74) is 2.35. The van der Waals surface area contributed by atoms with Crippen LogP contribution >= 0.6 is 0 Å². The molecule has 2 atom stereocenters. The summed E-state index contributed by atoms with van der Waals surface area (Å²) >= 11 is 0. The zero-order valence-corrected chi connectivity index (χ0v) is 18.7. The van der Waals surface area contributed by atoms with Crippen LogP contribution in [0.15, 0.2) is 70.3 Å². The Kier molecular flexibility index (Phi) is 5.42. The maximum absolute atomic E-state index is 13.6. The number of ether oxygens (including phenoxy) is 1. The third-order valence-corrected chi connectivity index (χ3v) is 6.35. The molecule has 33 heavy (non-hydrogen) atoms. The van der Waals surface area contributed by atoms with E-state index < -0.39 is 23.5 Å². The Balaban J connectivity index is 1.56. The van der Waals surface area contributed by atoms with Crippen LogP contribution in [-0.4, -0.2) is 55.0 Å². The van der Waals surface area contributed by atoms with Crippen LogP contribution < -0.4 is 4.90 Å². The second-order valence-electron chi connectivity index (χ2n) is 8.72. The smallest absolute Gasteiger partial charge is 0.290 e. The number of rotatable bonds is 6. The van der Waals surface area contributed by atoms with E-state index in [2.05, 4.69) is 0 Å². The van der Waals surface area contributed by atoms with Gasteiger partial charge in [-0.05, 0) is 42.7 Å². The number of anilines is 1. The molecule has 1 amide bonds. The molecule has 0 saturated carbocycles. The minimum atomic E-state index is -0.723.